The highest BCUT2D eigenvalue weighted by Gasteiger charge is 2.27. The Bertz CT molecular complexity index is 499. The van der Waals surface area contributed by atoms with Crippen molar-refractivity contribution in [1.82, 2.24) is 4.90 Å². The van der Waals surface area contributed by atoms with Crippen LogP contribution in [-0.4, -0.2) is 30.5 Å². The second-order valence-corrected chi connectivity index (χ2v) is 5.83. The molecule has 2 N–H and O–H groups in total. The first-order valence-electron chi connectivity index (χ1n) is 7.49. The number of hydrogen-bond acceptors (Lipinski definition) is 3. The number of halogens is 3. The fourth-order valence-corrected chi connectivity index (χ4v) is 2.84. The van der Waals surface area contributed by atoms with Gasteiger partial charge in [-0.25, -0.2) is 0 Å². The Hall–Kier alpha value is -1.40. The lowest BCUT2D eigenvalue weighted by molar-refractivity contribution is -0.131. The van der Waals surface area contributed by atoms with Crippen molar-refractivity contribution in [1.29, 1.82) is 0 Å². The number of ether oxygens (including phenoxy) is 1. The maximum absolute atomic E-state index is 12.2. The van der Waals surface area contributed by atoms with Gasteiger partial charge in [0.2, 0.25) is 5.91 Å². The summed E-state index contributed by atoms with van der Waals surface area (Å²) < 4.78 is 28.4. The molecule has 1 aliphatic rings. The quantitative estimate of drug-likeness (QED) is 0.859. The lowest BCUT2D eigenvalue weighted by Gasteiger charge is -2.21. The molecule has 0 aliphatic heterocycles. The minimum atomic E-state index is -2.83. The van der Waals surface area contributed by atoms with Crippen LogP contribution in [0.2, 0.25) is 0 Å². The molecule has 1 aromatic rings. The first-order valence-corrected chi connectivity index (χ1v) is 7.49. The van der Waals surface area contributed by atoms with E-state index < -0.39 is 6.61 Å². The van der Waals surface area contributed by atoms with Crippen molar-refractivity contribution in [2.45, 2.75) is 44.9 Å². The second kappa shape index (κ2) is 9.03. The van der Waals surface area contributed by atoms with Gasteiger partial charge in [-0.1, -0.05) is 18.6 Å². The van der Waals surface area contributed by atoms with E-state index in [2.05, 4.69) is 4.74 Å². The number of carbonyl (C=O) groups excluding carboxylic acids is 1. The van der Waals surface area contributed by atoms with Gasteiger partial charge in [0.1, 0.15) is 5.75 Å². The molecule has 1 saturated carbocycles. The number of amides is 1. The molecule has 0 saturated heterocycles. The minimum Gasteiger partial charge on any atom is -0.435 e. The van der Waals surface area contributed by atoms with Crippen molar-refractivity contribution in [3.8, 4) is 5.75 Å². The molecule has 7 heteroatoms. The first kappa shape index (κ1) is 19.6. The number of hydrogen-bond donors (Lipinski definition) is 1. The van der Waals surface area contributed by atoms with Crippen LogP contribution < -0.4 is 10.5 Å². The van der Waals surface area contributed by atoms with Gasteiger partial charge in [0.15, 0.2) is 0 Å². The van der Waals surface area contributed by atoms with E-state index in [1.165, 1.54) is 12.1 Å². The van der Waals surface area contributed by atoms with Crippen LogP contribution in [-0.2, 0) is 11.3 Å². The van der Waals surface area contributed by atoms with Crippen molar-refractivity contribution in [3.63, 3.8) is 0 Å². The van der Waals surface area contributed by atoms with E-state index in [4.69, 9.17) is 5.73 Å². The van der Waals surface area contributed by atoms with Crippen molar-refractivity contribution < 1.29 is 18.3 Å². The smallest absolute Gasteiger partial charge is 0.387 e. The van der Waals surface area contributed by atoms with Gasteiger partial charge in [0.05, 0.1) is 0 Å². The molecule has 4 nitrogen and oxygen atoms in total. The summed E-state index contributed by atoms with van der Waals surface area (Å²) in [4.78, 5) is 13.9. The highest BCUT2D eigenvalue weighted by Crippen LogP contribution is 2.27. The van der Waals surface area contributed by atoms with E-state index in [0.717, 1.165) is 24.8 Å². The fourth-order valence-electron chi connectivity index (χ4n) is 2.84. The third kappa shape index (κ3) is 5.95. The summed E-state index contributed by atoms with van der Waals surface area (Å²) in [6.07, 6.45) is 3.58. The van der Waals surface area contributed by atoms with Crippen LogP contribution in [0.25, 0.3) is 0 Å². The Morgan fingerprint density at radius 1 is 1.35 bits per heavy atom. The fraction of sp³-hybridized carbons (Fsp3) is 0.562. The van der Waals surface area contributed by atoms with E-state index >= 15 is 0 Å². The van der Waals surface area contributed by atoms with Gasteiger partial charge in [0.25, 0.3) is 0 Å². The molecule has 23 heavy (non-hydrogen) atoms. The number of benzene rings is 1. The van der Waals surface area contributed by atoms with Crippen LogP contribution in [0, 0.1) is 5.92 Å². The van der Waals surface area contributed by atoms with E-state index in [1.807, 2.05) is 0 Å². The highest BCUT2D eigenvalue weighted by atomic mass is 35.5. The van der Waals surface area contributed by atoms with Crippen molar-refractivity contribution in [2.75, 3.05) is 7.05 Å². The van der Waals surface area contributed by atoms with Crippen molar-refractivity contribution in [2.24, 2.45) is 11.7 Å². The molecule has 0 radical (unpaired) electrons. The van der Waals surface area contributed by atoms with Gasteiger partial charge in [-0.05, 0) is 36.5 Å². The Balaban J connectivity index is 0.00000264. The summed E-state index contributed by atoms with van der Waals surface area (Å²) in [7, 11) is 1.74. The Morgan fingerprint density at radius 2 is 2.00 bits per heavy atom. The monoisotopic (exact) mass is 348 g/mol. The van der Waals surface area contributed by atoms with Gasteiger partial charge in [-0.2, -0.15) is 8.78 Å². The van der Waals surface area contributed by atoms with Gasteiger partial charge in [-0.3, -0.25) is 4.79 Å². The molecule has 1 fully saturated rings. The summed E-state index contributed by atoms with van der Waals surface area (Å²) >= 11 is 0. The van der Waals surface area contributed by atoms with E-state index in [0.29, 0.717) is 13.0 Å². The number of carbonyl (C=O) groups is 1. The van der Waals surface area contributed by atoms with E-state index in [1.54, 1.807) is 24.1 Å². The molecular weight excluding hydrogens is 326 g/mol. The molecule has 130 valence electrons. The third-order valence-electron chi connectivity index (χ3n) is 4.15. The van der Waals surface area contributed by atoms with Gasteiger partial charge in [-0.15, -0.1) is 12.4 Å². The zero-order valence-electron chi connectivity index (χ0n) is 13.1. The molecule has 2 atom stereocenters. The van der Waals surface area contributed by atoms with Gasteiger partial charge >= 0.3 is 6.61 Å². The average molecular weight is 349 g/mol. The standard InChI is InChI=1S/C16H22F2N2O2.ClH/c1-20(15(21)9-12-3-2-4-14(12)19)10-11-5-7-13(8-6-11)22-16(17)18;/h5-8,12,14,16H,2-4,9-10,19H2,1H3;1H/t12-,14+;/m0./s1. The molecule has 2 rings (SSSR count). The van der Waals surface area contributed by atoms with Crippen LogP contribution in [0.1, 0.15) is 31.2 Å². The zero-order valence-corrected chi connectivity index (χ0v) is 13.9. The predicted molar refractivity (Wildman–Crippen MR) is 86.7 cm³/mol. The normalized spacial score (nSPS) is 20.2. The van der Waals surface area contributed by atoms with Crippen LogP contribution in [0.15, 0.2) is 24.3 Å². The molecule has 0 bridgehead atoms. The summed E-state index contributed by atoms with van der Waals surface area (Å²) in [5, 5.41) is 0. The minimum absolute atomic E-state index is 0. The number of nitrogens with zero attached hydrogens (tertiary/aromatic N) is 1. The van der Waals surface area contributed by atoms with Crippen LogP contribution in [0.3, 0.4) is 0 Å². The third-order valence-corrected chi connectivity index (χ3v) is 4.15. The summed E-state index contributed by atoms with van der Waals surface area (Å²) in [5.74, 6) is 0.455. The summed E-state index contributed by atoms with van der Waals surface area (Å²) in [5.41, 5.74) is 6.86. The van der Waals surface area contributed by atoms with E-state index in [9.17, 15) is 13.6 Å². The lowest BCUT2D eigenvalue weighted by Crippen LogP contribution is -2.32. The number of nitrogens with two attached hydrogens (primary N) is 1. The molecule has 0 heterocycles. The molecular formula is C16H23ClF2N2O2. The summed E-state index contributed by atoms with van der Waals surface area (Å²) in [6, 6.07) is 6.45. The first-order chi connectivity index (χ1) is 10.5. The van der Waals surface area contributed by atoms with Gasteiger partial charge in [0, 0.05) is 26.1 Å². The average Bonchev–Trinajstić information content (AvgIpc) is 2.86. The molecule has 0 aromatic heterocycles. The Labute approximate surface area is 141 Å². The maximum Gasteiger partial charge on any atom is 0.387 e. The molecule has 1 aromatic carbocycles. The molecule has 1 amide bonds. The van der Waals surface area contributed by atoms with Crippen LogP contribution in [0.4, 0.5) is 8.78 Å². The predicted octanol–water partition coefficient (Wildman–Crippen LogP) is 3.19. The molecule has 1 aliphatic carbocycles. The van der Waals surface area contributed by atoms with Crippen LogP contribution in [0.5, 0.6) is 5.75 Å². The highest BCUT2D eigenvalue weighted by molar-refractivity contribution is 5.85. The lowest BCUT2D eigenvalue weighted by atomic mass is 9.99. The van der Waals surface area contributed by atoms with Crippen molar-refractivity contribution in [3.05, 3.63) is 29.8 Å². The largest absolute Gasteiger partial charge is 0.435 e. The Morgan fingerprint density at radius 3 is 2.52 bits per heavy atom. The number of rotatable bonds is 6. The van der Waals surface area contributed by atoms with Crippen molar-refractivity contribution >= 4 is 18.3 Å². The zero-order chi connectivity index (χ0) is 16.1. The van der Waals surface area contributed by atoms with Crippen LogP contribution >= 0.6 is 12.4 Å². The van der Waals surface area contributed by atoms with E-state index in [-0.39, 0.29) is 36.0 Å². The maximum atomic E-state index is 12.2. The second-order valence-electron chi connectivity index (χ2n) is 5.83. The SMILES string of the molecule is CN(Cc1ccc(OC(F)F)cc1)C(=O)C[C@@H]1CCC[C@H]1N.Cl. The molecule has 0 spiro atoms. The summed E-state index contributed by atoms with van der Waals surface area (Å²) in [6.45, 7) is -2.39. The Kier molecular flexibility index (Phi) is 7.72. The number of alkyl halides is 2. The van der Waals surface area contributed by atoms with Gasteiger partial charge < -0.3 is 15.4 Å². The topological polar surface area (TPSA) is 55.6 Å². The molecule has 0 unspecified atom stereocenters.